The predicted octanol–water partition coefficient (Wildman–Crippen LogP) is 2.56. The van der Waals surface area contributed by atoms with Crippen LogP contribution in [-0.2, 0) is 4.74 Å². The van der Waals surface area contributed by atoms with Crippen LogP contribution in [0.1, 0.15) is 26.2 Å². The highest BCUT2D eigenvalue weighted by Gasteiger charge is 2.22. The van der Waals surface area contributed by atoms with Crippen molar-refractivity contribution >= 4 is 29.1 Å². The van der Waals surface area contributed by atoms with Crippen LogP contribution in [0, 0.1) is 0 Å². The molecule has 2 heterocycles. The van der Waals surface area contributed by atoms with Gasteiger partial charge < -0.3 is 10.1 Å². The van der Waals surface area contributed by atoms with E-state index < -0.39 is 0 Å². The lowest BCUT2D eigenvalue weighted by molar-refractivity contribution is 0.00781. The lowest BCUT2D eigenvalue weighted by Crippen LogP contribution is -2.35. The Balaban J connectivity index is 1.91. The molecule has 0 radical (unpaired) electrons. The molecule has 4 nitrogen and oxygen atoms in total. The van der Waals surface area contributed by atoms with Crippen molar-refractivity contribution in [1.29, 1.82) is 0 Å². The molecule has 84 valence electrons. The van der Waals surface area contributed by atoms with Gasteiger partial charge in [-0.3, -0.25) is 0 Å². The minimum Gasteiger partial charge on any atom is -0.376 e. The molecular formula is C9H14ClN3OS. The molecule has 1 aliphatic heterocycles. The van der Waals surface area contributed by atoms with Crippen molar-refractivity contribution < 1.29 is 4.74 Å². The highest BCUT2D eigenvalue weighted by atomic mass is 35.5. The van der Waals surface area contributed by atoms with Crippen LogP contribution in [0.4, 0.5) is 5.82 Å². The van der Waals surface area contributed by atoms with Gasteiger partial charge in [0, 0.05) is 6.61 Å². The lowest BCUT2D eigenvalue weighted by atomic mass is 10.0. The van der Waals surface area contributed by atoms with E-state index in [0.717, 1.165) is 24.8 Å². The molecule has 1 aromatic heterocycles. The monoisotopic (exact) mass is 247 g/mol. The maximum Gasteiger partial charge on any atom is 0.186 e. The Bertz CT molecular complexity index is 314. The van der Waals surface area contributed by atoms with Gasteiger partial charge in [0.05, 0.1) is 23.9 Å². The summed E-state index contributed by atoms with van der Waals surface area (Å²) in [6, 6.07) is 0.228. The minimum absolute atomic E-state index is 0.228. The summed E-state index contributed by atoms with van der Waals surface area (Å²) in [5, 5.41) is 3.69. The molecule has 0 saturated carbocycles. The molecule has 0 spiro atoms. The van der Waals surface area contributed by atoms with E-state index in [1.165, 1.54) is 12.8 Å². The average molecular weight is 248 g/mol. The first-order chi connectivity index (χ1) is 7.27. The first-order valence-corrected chi connectivity index (χ1v) is 6.24. The second-order valence-electron chi connectivity index (χ2n) is 3.74. The molecule has 1 aromatic rings. The molecule has 1 aliphatic rings. The molecule has 2 rings (SSSR count). The Kier molecular flexibility index (Phi) is 3.77. The number of aromatic nitrogens is 2. The standard InChI is InChI=1S/C9H14ClN3OS/c1-6(7-4-2-3-5-14-7)11-9-8(10)12-15-13-9/h6-7H,2-5H2,1H3,(H,11,13). The van der Waals surface area contributed by atoms with Crippen LogP contribution in [0.2, 0.25) is 5.15 Å². The number of nitrogens with one attached hydrogen (secondary N) is 1. The summed E-state index contributed by atoms with van der Waals surface area (Å²) in [6.45, 7) is 2.95. The molecule has 0 amide bonds. The van der Waals surface area contributed by atoms with Gasteiger partial charge in [-0.05, 0) is 26.2 Å². The first-order valence-electron chi connectivity index (χ1n) is 5.13. The molecule has 0 bridgehead atoms. The molecule has 2 atom stereocenters. The molecule has 1 N–H and O–H groups in total. The second-order valence-corrected chi connectivity index (χ2v) is 4.63. The van der Waals surface area contributed by atoms with Gasteiger partial charge in [-0.25, -0.2) is 0 Å². The number of ether oxygens (including phenoxy) is 1. The molecule has 15 heavy (non-hydrogen) atoms. The second kappa shape index (κ2) is 5.09. The fraction of sp³-hybridized carbons (Fsp3) is 0.778. The topological polar surface area (TPSA) is 47.0 Å². The maximum atomic E-state index is 5.86. The summed E-state index contributed by atoms with van der Waals surface area (Å²) in [4.78, 5) is 0. The van der Waals surface area contributed by atoms with Crippen LogP contribution in [0.25, 0.3) is 0 Å². The van der Waals surface area contributed by atoms with Gasteiger partial charge >= 0.3 is 0 Å². The molecule has 6 heteroatoms. The smallest absolute Gasteiger partial charge is 0.186 e. The Morgan fingerprint density at radius 1 is 1.53 bits per heavy atom. The van der Waals surface area contributed by atoms with Gasteiger partial charge in [0.1, 0.15) is 0 Å². The lowest BCUT2D eigenvalue weighted by Gasteiger charge is -2.28. The van der Waals surface area contributed by atoms with Crippen LogP contribution in [0.15, 0.2) is 0 Å². The fourth-order valence-corrected chi connectivity index (χ4v) is 2.39. The summed E-state index contributed by atoms with van der Waals surface area (Å²) < 4.78 is 13.7. The largest absolute Gasteiger partial charge is 0.376 e. The van der Waals surface area contributed by atoms with E-state index in [2.05, 4.69) is 21.0 Å². The maximum absolute atomic E-state index is 5.86. The van der Waals surface area contributed by atoms with E-state index in [4.69, 9.17) is 16.3 Å². The predicted molar refractivity (Wildman–Crippen MR) is 61.6 cm³/mol. The zero-order valence-corrected chi connectivity index (χ0v) is 10.1. The third-order valence-electron chi connectivity index (χ3n) is 2.59. The van der Waals surface area contributed by atoms with Crippen molar-refractivity contribution in [1.82, 2.24) is 8.75 Å². The summed E-state index contributed by atoms with van der Waals surface area (Å²) in [7, 11) is 0. The van der Waals surface area contributed by atoms with Crippen molar-refractivity contribution in [2.24, 2.45) is 0 Å². The third-order valence-corrected chi connectivity index (χ3v) is 3.48. The number of hydrogen-bond donors (Lipinski definition) is 1. The number of anilines is 1. The van der Waals surface area contributed by atoms with E-state index in [1.807, 2.05) is 0 Å². The summed E-state index contributed by atoms with van der Waals surface area (Å²) in [6.07, 6.45) is 3.77. The van der Waals surface area contributed by atoms with Crippen molar-refractivity contribution in [3.8, 4) is 0 Å². The summed E-state index contributed by atoms with van der Waals surface area (Å²) in [5.74, 6) is 0.670. The number of nitrogens with zero attached hydrogens (tertiary/aromatic N) is 2. The van der Waals surface area contributed by atoms with E-state index in [0.29, 0.717) is 11.0 Å². The quantitative estimate of drug-likeness (QED) is 0.892. The molecule has 0 aliphatic carbocycles. The van der Waals surface area contributed by atoms with E-state index >= 15 is 0 Å². The normalized spacial score (nSPS) is 23.7. The summed E-state index contributed by atoms with van der Waals surface area (Å²) in [5.41, 5.74) is 0. The van der Waals surface area contributed by atoms with Gasteiger partial charge in [-0.1, -0.05) is 11.6 Å². The van der Waals surface area contributed by atoms with Gasteiger partial charge in [-0.2, -0.15) is 8.75 Å². The number of rotatable bonds is 3. The first kappa shape index (κ1) is 11.1. The van der Waals surface area contributed by atoms with Crippen molar-refractivity contribution in [3.63, 3.8) is 0 Å². The van der Waals surface area contributed by atoms with Crippen molar-refractivity contribution in [2.45, 2.75) is 38.3 Å². The Morgan fingerprint density at radius 2 is 2.40 bits per heavy atom. The van der Waals surface area contributed by atoms with E-state index in [9.17, 15) is 0 Å². The molecule has 1 saturated heterocycles. The molecular weight excluding hydrogens is 234 g/mol. The third kappa shape index (κ3) is 2.80. The van der Waals surface area contributed by atoms with Crippen LogP contribution in [0.5, 0.6) is 0 Å². The number of halogens is 1. The zero-order valence-electron chi connectivity index (χ0n) is 8.57. The highest BCUT2D eigenvalue weighted by molar-refractivity contribution is 6.99. The molecule has 2 unspecified atom stereocenters. The van der Waals surface area contributed by atoms with Gasteiger partial charge in [-0.15, -0.1) is 0 Å². The fourth-order valence-electron chi connectivity index (χ4n) is 1.73. The van der Waals surface area contributed by atoms with Crippen LogP contribution in [0.3, 0.4) is 0 Å². The SMILES string of the molecule is CC(Nc1nsnc1Cl)C1CCCCO1. The van der Waals surface area contributed by atoms with E-state index in [-0.39, 0.29) is 12.1 Å². The minimum atomic E-state index is 0.228. The Morgan fingerprint density at radius 3 is 3.00 bits per heavy atom. The van der Waals surface area contributed by atoms with Crippen molar-refractivity contribution in [2.75, 3.05) is 11.9 Å². The van der Waals surface area contributed by atoms with E-state index in [1.54, 1.807) is 0 Å². The van der Waals surface area contributed by atoms with Gasteiger partial charge in [0.2, 0.25) is 0 Å². The van der Waals surface area contributed by atoms with Gasteiger partial charge in [0.25, 0.3) is 0 Å². The van der Waals surface area contributed by atoms with Crippen LogP contribution >= 0.6 is 23.3 Å². The average Bonchev–Trinajstić information content (AvgIpc) is 2.66. The Labute approximate surface area is 98.3 Å². The summed E-state index contributed by atoms with van der Waals surface area (Å²) >= 11 is 6.98. The van der Waals surface area contributed by atoms with Crippen molar-refractivity contribution in [3.05, 3.63) is 5.15 Å². The van der Waals surface area contributed by atoms with Crippen LogP contribution in [-0.4, -0.2) is 27.5 Å². The molecule has 1 fully saturated rings. The van der Waals surface area contributed by atoms with Gasteiger partial charge in [0.15, 0.2) is 11.0 Å². The molecule has 0 aromatic carbocycles. The van der Waals surface area contributed by atoms with Crippen LogP contribution < -0.4 is 5.32 Å². The zero-order chi connectivity index (χ0) is 10.7. The Hall–Kier alpha value is -0.390. The highest BCUT2D eigenvalue weighted by Crippen LogP contribution is 2.22. The number of hydrogen-bond acceptors (Lipinski definition) is 5.